The fourth-order valence-electron chi connectivity index (χ4n) is 3.11. The van der Waals surface area contributed by atoms with Gasteiger partial charge in [0.25, 0.3) is 0 Å². The van der Waals surface area contributed by atoms with Crippen LogP contribution in [0.1, 0.15) is 18.4 Å². The number of halogens is 1. The maximum absolute atomic E-state index is 13.2. The molecule has 0 bridgehead atoms. The third-order valence-electron chi connectivity index (χ3n) is 4.41. The van der Waals surface area contributed by atoms with Crippen molar-refractivity contribution >= 4 is 5.82 Å². The average molecular weight is 299 g/mol. The number of pyridine rings is 1. The Kier molecular flexibility index (Phi) is 4.68. The Morgan fingerprint density at radius 1 is 1.18 bits per heavy atom. The molecule has 0 N–H and O–H groups in total. The van der Waals surface area contributed by atoms with Gasteiger partial charge in [-0.2, -0.15) is 0 Å². The molecule has 2 aromatic rings. The quantitative estimate of drug-likeness (QED) is 0.863. The molecular formula is C18H22FN3. The van der Waals surface area contributed by atoms with Crippen LogP contribution in [0, 0.1) is 5.82 Å². The third-order valence-corrected chi connectivity index (χ3v) is 4.41. The van der Waals surface area contributed by atoms with Crippen LogP contribution >= 0.6 is 0 Å². The molecule has 22 heavy (non-hydrogen) atoms. The van der Waals surface area contributed by atoms with Crippen LogP contribution in [-0.2, 0) is 6.54 Å². The number of aromatic nitrogens is 1. The molecule has 0 unspecified atom stereocenters. The molecule has 1 saturated heterocycles. The van der Waals surface area contributed by atoms with E-state index < -0.39 is 0 Å². The first kappa shape index (κ1) is 15.0. The highest BCUT2D eigenvalue weighted by Gasteiger charge is 2.23. The molecule has 116 valence electrons. The first-order valence-corrected chi connectivity index (χ1v) is 7.83. The van der Waals surface area contributed by atoms with Crippen LogP contribution in [0.4, 0.5) is 10.2 Å². The van der Waals surface area contributed by atoms with Gasteiger partial charge in [-0.1, -0.05) is 18.2 Å². The van der Waals surface area contributed by atoms with Crippen molar-refractivity contribution in [1.82, 2.24) is 9.88 Å². The number of anilines is 1. The fourth-order valence-corrected chi connectivity index (χ4v) is 3.11. The number of piperidine rings is 1. The number of benzene rings is 1. The Morgan fingerprint density at radius 2 is 2.00 bits per heavy atom. The van der Waals surface area contributed by atoms with Crippen molar-refractivity contribution in [2.24, 2.45) is 0 Å². The topological polar surface area (TPSA) is 19.4 Å². The van der Waals surface area contributed by atoms with Gasteiger partial charge in [0.05, 0.1) is 0 Å². The Morgan fingerprint density at radius 3 is 2.68 bits per heavy atom. The zero-order valence-electron chi connectivity index (χ0n) is 13.0. The molecule has 2 heterocycles. The van der Waals surface area contributed by atoms with Gasteiger partial charge in [0.1, 0.15) is 11.6 Å². The molecule has 3 rings (SSSR count). The van der Waals surface area contributed by atoms with Gasteiger partial charge in [0.15, 0.2) is 0 Å². The SMILES string of the molecule is CN(c1ccccn1)C1CCN(Cc2cccc(F)c2)CC1. The van der Waals surface area contributed by atoms with E-state index in [1.165, 1.54) is 6.07 Å². The van der Waals surface area contributed by atoms with E-state index >= 15 is 0 Å². The number of nitrogens with zero attached hydrogens (tertiary/aromatic N) is 3. The van der Waals surface area contributed by atoms with Crippen molar-refractivity contribution in [1.29, 1.82) is 0 Å². The minimum atomic E-state index is -0.151. The summed E-state index contributed by atoms with van der Waals surface area (Å²) in [5.41, 5.74) is 1.05. The molecule has 1 aliphatic heterocycles. The molecular weight excluding hydrogens is 277 g/mol. The van der Waals surface area contributed by atoms with Crippen LogP contribution in [0.15, 0.2) is 48.7 Å². The number of hydrogen-bond donors (Lipinski definition) is 0. The summed E-state index contributed by atoms with van der Waals surface area (Å²) in [7, 11) is 2.12. The average Bonchev–Trinajstić information content (AvgIpc) is 2.56. The normalized spacial score (nSPS) is 16.6. The summed E-state index contributed by atoms with van der Waals surface area (Å²) in [4.78, 5) is 9.10. The lowest BCUT2D eigenvalue weighted by Crippen LogP contribution is -2.43. The van der Waals surface area contributed by atoms with Crippen molar-refractivity contribution in [2.75, 3.05) is 25.0 Å². The minimum Gasteiger partial charge on any atom is -0.357 e. The first-order chi connectivity index (χ1) is 10.7. The smallest absolute Gasteiger partial charge is 0.128 e. The fraction of sp³-hybridized carbons (Fsp3) is 0.389. The van der Waals surface area contributed by atoms with E-state index in [0.717, 1.165) is 43.9 Å². The van der Waals surface area contributed by atoms with Crippen molar-refractivity contribution in [3.8, 4) is 0 Å². The predicted molar refractivity (Wildman–Crippen MR) is 87.3 cm³/mol. The van der Waals surface area contributed by atoms with E-state index in [0.29, 0.717) is 6.04 Å². The molecule has 4 heteroatoms. The van der Waals surface area contributed by atoms with Crippen molar-refractivity contribution in [3.05, 3.63) is 60.0 Å². The lowest BCUT2D eigenvalue weighted by Gasteiger charge is -2.37. The van der Waals surface area contributed by atoms with Gasteiger partial charge in [-0.3, -0.25) is 4.90 Å². The summed E-state index contributed by atoms with van der Waals surface area (Å²) in [6.07, 6.45) is 4.07. The molecule has 0 amide bonds. The highest BCUT2D eigenvalue weighted by atomic mass is 19.1. The summed E-state index contributed by atoms with van der Waals surface area (Å²) in [5, 5.41) is 0. The van der Waals surface area contributed by atoms with Gasteiger partial charge in [-0.25, -0.2) is 9.37 Å². The third kappa shape index (κ3) is 3.63. The summed E-state index contributed by atoms with van der Waals surface area (Å²) < 4.78 is 13.2. The molecule has 1 aliphatic rings. The Balaban J connectivity index is 1.54. The summed E-state index contributed by atoms with van der Waals surface area (Å²) in [6, 6.07) is 13.5. The molecule has 3 nitrogen and oxygen atoms in total. The standard InChI is InChI=1S/C18H22FN3/c1-21(18-7-2-3-10-20-18)17-8-11-22(12-9-17)14-15-5-4-6-16(19)13-15/h2-7,10,13,17H,8-9,11-12,14H2,1H3. The lowest BCUT2D eigenvalue weighted by atomic mass is 10.0. The Labute approximate surface area is 131 Å². The van der Waals surface area contributed by atoms with Crippen LogP contribution < -0.4 is 4.90 Å². The van der Waals surface area contributed by atoms with Gasteiger partial charge in [-0.05, 0) is 42.7 Å². The molecule has 0 radical (unpaired) electrons. The predicted octanol–water partition coefficient (Wildman–Crippen LogP) is 3.32. The van der Waals surface area contributed by atoms with E-state index in [-0.39, 0.29) is 5.82 Å². The lowest BCUT2D eigenvalue weighted by molar-refractivity contribution is 0.203. The molecule has 1 aromatic carbocycles. The molecule has 0 saturated carbocycles. The second-order valence-electron chi connectivity index (χ2n) is 5.94. The number of likely N-dealkylation sites (tertiary alicyclic amines) is 1. The zero-order valence-corrected chi connectivity index (χ0v) is 13.0. The van der Waals surface area contributed by atoms with Crippen LogP contribution in [-0.4, -0.2) is 36.1 Å². The van der Waals surface area contributed by atoms with Gasteiger partial charge >= 0.3 is 0 Å². The van der Waals surface area contributed by atoms with E-state index in [4.69, 9.17) is 0 Å². The van der Waals surface area contributed by atoms with Crippen LogP contribution in [0.25, 0.3) is 0 Å². The molecule has 0 spiro atoms. The van der Waals surface area contributed by atoms with E-state index in [2.05, 4.69) is 27.9 Å². The maximum Gasteiger partial charge on any atom is 0.128 e. The summed E-state index contributed by atoms with van der Waals surface area (Å²) in [5.74, 6) is 0.883. The zero-order chi connectivity index (χ0) is 15.4. The van der Waals surface area contributed by atoms with Crippen LogP contribution in [0.2, 0.25) is 0 Å². The maximum atomic E-state index is 13.2. The van der Waals surface area contributed by atoms with Gasteiger partial charge in [0.2, 0.25) is 0 Å². The van der Waals surface area contributed by atoms with Crippen molar-refractivity contribution < 1.29 is 4.39 Å². The van der Waals surface area contributed by atoms with E-state index in [1.807, 2.05) is 24.4 Å². The molecule has 0 atom stereocenters. The van der Waals surface area contributed by atoms with Gasteiger partial charge < -0.3 is 4.90 Å². The first-order valence-electron chi connectivity index (χ1n) is 7.83. The highest BCUT2D eigenvalue weighted by molar-refractivity contribution is 5.38. The number of rotatable bonds is 4. The van der Waals surface area contributed by atoms with Crippen LogP contribution in [0.5, 0.6) is 0 Å². The highest BCUT2D eigenvalue weighted by Crippen LogP contribution is 2.21. The van der Waals surface area contributed by atoms with E-state index in [1.54, 1.807) is 12.1 Å². The minimum absolute atomic E-state index is 0.151. The van der Waals surface area contributed by atoms with Crippen molar-refractivity contribution in [2.45, 2.75) is 25.4 Å². The van der Waals surface area contributed by atoms with E-state index in [9.17, 15) is 4.39 Å². The molecule has 1 fully saturated rings. The Bertz CT molecular complexity index is 594. The monoisotopic (exact) mass is 299 g/mol. The van der Waals surface area contributed by atoms with Gasteiger partial charge in [0, 0.05) is 38.9 Å². The molecule has 0 aliphatic carbocycles. The Hall–Kier alpha value is -1.94. The second kappa shape index (κ2) is 6.88. The molecule has 1 aromatic heterocycles. The summed E-state index contributed by atoms with van der Waals surface area (Å²) in [6.45, 7) is 2.91. The summed E-state index contributed by atoms with van der Waals surface area (Å²) >= 11 is 0. The van der Waals surface area contributed by atoms with Gasteiger partial charge in [-0.15, -0.1) is 0 Å². The van der Waals surface area contributed by atoms with Crippen LogP contribution in [0.3, 0.4) is 0 Å². The van der Waals surface area contributed by atoms with Crippen molar-refractivity contribution in [3.63, 3.8) is 0 Å². The second-order valence-corrected chi connectivity index (χ2v) is 5.94. The number of hydrogen-bond acceptors (Lipinski definition) is 3. The largest absolute Gasteiger partial charge is 0.357 e.